The number of pyridine rings is 1. The van der Waals surface area contributed by atoms with Crippen LogP contribution in [0.5, 0.6) is 0 Å². The fraction of sp³-hybridized carbons (Fsp3) is 0.100. The molecule has 0 radical (unpaired) electrons. The zero-order chi connectivity index (χ0) is 18.7. The van der Waals surface area contributed by atoms with E-state index in [-0.39, 0.29) is 36.0 Å². The Hall–Kier alpha value is -3.74. The highest BCUT2D eigenvalue weighted by Crippen LogP contribution is 2.39. The van der Waals surface area contributed by atoms with E-state index in [1.807, 2.05) is 35.2 Å². The van der Waals surface area contributed by atoms with Crippen LogP contribution in [-0.2, 0) is 11.3 Å². The summed E-state index contributed by atoms with van der Waals surface area (Å²) in [5.41, 5.74) is 2.09. The van der Waals surface area contributed by atoms with Gasteiger partial charge in [-0.05, 0) is 18.2 Å². The Balaban J connectivity index is 1.82. The van der Waals surface area contributed by atoms with Crippen molar-refractivity contribution in [2.24, 2.45) is 0 Å². The van der Waals surface area contributed by atoms with Crippen LogP contribution in [0, 0.1) is 0 Å². The number of Topliss-reactive ketones (excluding diaryl/α,β-unsaturated/α-hetero) is 1. The smallest absolute Gasteiger partial charge is 0.354 e. The number of benzene rings is 1. The molecule has 1 aliphatic carbocycles. The summed E-state index contributed by atoms with van der Waals surface area (Å²) in [6.45, 7) is 0.309. The number of aromatic nitrogens is 2. The average Bonchev–Trinajstić information content (AvgIpc) is 2.94. The second-order valence-corrected chi connectivity index (χ2v) is 6.59. The second kappa shape index (κ2) is 5.38. The maximum atomic E-state index is 12.8. The first-order valence-electron chi connectivity index (χ1n) is 8.41. The van der Waals surface area contributed by atoms with Gasteiger partial charge >= 0.3 is 5.97 Å². The van der Waals surface area contributed by atoms with Crippen LogP contribution in [0.2, 0.25) is 0 Å². The third-order valence-electron chi connectivity index (χ3n) is 4.87. The molecule has 3 aromatic rings. The van der Waals surface area contributed by atoms with Crippen LogP contribution in [0.25, 0.3) is 16.5 Å². The van der Waals surface area contributed by atoms with E-state index in [0.717, 1.165) is 11.4 Å². The molecule has 27 heavy (non-hydrogen) atoms. The van der Waals surface area contributed by atoms with Gasteiger partial charge in [-0.2, -0.15) is 0 Å². The number of carboxylic acid groups (broad SMARTS) is 1. The molecular formula is C20H13N3O4. The van der Waals surface area contributed by atoms with Crippen molar-refractivity contribution < 1.29 is 19.5 Å². The lowest BCUT2D eigenvalue weighted by atomic mass is 9.99. The summed E-state index contributed by atoms with van der Waals surface area (Å²) in [6, 6.07) is 10.8. The second-order valence-electron chi connectivity index (χ2n) is 6.59. The predicted octanol–water partition coefficient (Wildman–Crippen LogP) is 2.36. The van der Waals surface area contributed by atoms with Crippen LogP contribution in [-0.4, -0.2) is 38.7 Å². The summed E-state index contributed by atoms with van der Waals surface area (Å²) < 4.78 is 1.78. The van der Waals surface area contributed by atoms with E-state index in [4.69, 9.17) is 0 Å². The molecule has 132 valence electrons. The van der Waals surface area contributed by atoms with E-state index < -0.39 is 5.97 Å². The van der Waals surface area contributed by atoms with E-state index in [2.05, 4.69) is 4.98 Å². The number of rotatable bonds is 2. The zero-order valence-corrected chi connectivity index (χ0v) is 14.0. The lowest BCUT2D eigenvalue weighted by Gasteiger charge is -2.26. The highest BCUT2D eigenvalue weighted by atomic mass is 16.4. The molecule has 2 aliphatic rings. The van der Waals surface area contributed by atoms with E-state index in [1.165, 1.54) is 12.1 Å². The van der Waals surface area contributed by atoms with Gasteiger partial charge in [-0.25, -0.2) is 9.78 Å². The Labute approximate surface area is 153 Å². The Bertz CT molecular complexity index is 1190. The summed E-state index contributed by atoms with van der Waals surface area (Å²) in [5, 5.41) is 10.5. The van der Waals surface area contributed by atoms with Crippen molar-refractivity contribution in [3.63, 3.8) is 0 Å². The van der Waals surface area contributed by atoms with Crippen molar-refractivity contribution in [3.8, 4) is 0 Å². The highest BCUT2D eigenvalue weighted by Gasteiger charge is 2.33. The van der Waals surface area contributed by atoms with Gasteiger partial charge in [-0.1, -0.05) is 18.2 Å². The number of carboxylic acids is 1. The average molecular weight is 359 g/mol. The summed E-state index contributed by atoms with van der Waals surface area (Å²) in [6.07, 6.45) is 3.17. The van der Waals surface area contributed by atoms with E-state index in [0.29, 0.717) is 16.5 Å². The van der Waals surface area contributed by atoms with Gasteiger partial charge in [0.1, 0.15) is 11.4 Å². The van der Waals surface area contributed by atoms with Gasteiger partial charge in [0.15, 0.2) is 5.78 Å². The molecule has 0 unspecified atom stereocenters. The topological polar surface area (TPSA) is 92.5 Å². The number of hydrogen-bond donors (Lipinski definition) is 1. The number of carbonyl (C=O) groups is 3. The number of nitrogens with zero attached hydrogens (tertiary/aromatic N) is 3. The molecule has 0 bridgehead atoms. The lowest BCUT2D eigenvalue weighted by Crippen LogP contribution is -2.28. The zero-order valence-electron chi connectivity index (χ0n) is 14.0. The number of para-hydroxylation sites is 1. The van der Waals surface area contributed by atoms with Gasteiger partial charge < -0.3 is 14.6 Å². The summed E-state index contributed by atoms with van der Waals surface area (Å²) in [7, 11) is 0. The molecule has 0 saturated heterocycles. The highest BCUT2D eigenvalue weighted by molar-refractivity contribution is 6.23. The summed E-state index contributed by atoms with van der Waals surface area (Å²) in [4.78, 5) is 42.6. The monoisotopic (exact) mass is 359 g/mol. The van der Waals surface area contributed by atoms with Gasteiger partial charge in [0.05, 0.1) is 24.5 Å². The van der Waals surface area contributed by atoms with E-state index in [1.54, 1.807) is 10.8 Å². The molecule has 2 aromatic heterocycles. The van der Waals surface area contributed by atoms with Crippen LogP contribution in [0.4, 0.5) is 5.69 Å². The summed E-state index contributed by atoms with van der Waals surface area (Å²) in [5.74, 6) is -1.57. The van der Waals surface area contributed by atoms with E-state index in [9.17, 15) is 19.5 Å². The molecule has 1 N–H and O–H groups in total. The van der Waals surface area contributed by atoms with E-state index >= 15 is 0 Å². The molecular weight excluding hydrogens is 346 g/mol. The van der Waals surface area contributed by atoms with Crippen LogP contribution in [0.3, 0.4) is 0 Å². The number of aromatic carboxylic acids is 1. The van der Waals surface area contributed by atoms with Crippen molar-refractivity contribution in [2.75, 3.05) is 11.4 Å². The Morgan fingerprint density at radius 1 is 1.11 bits per heavy atom. The van der Waals surface area contributed by atoms with Crippen molar-refractivity contribution >= 4 is 39.7 Å². The van der Waals surface area contributed by atoms with Crippen LogP contribution in [0.1, 0.15) is 26.7 Å². The largest absolute Gasteiger partial charge is 0.477 e. The quantitative estimate of drug-likeness (QED) is 0.755. The fourth-order valence-electron chi connectivity index (χ4n) is 3.79. The standard InChI is InChI=1S/C20H13N3O4/c24-13-9-22-8-11-6-14(20(26)27)21-18-16(25)7-15(19(22)17(11)18)23(10-13)12-4-2-1-3-5-12/h1-8H,9-10H2,(H,26,27). The van der Waals surface area contributed by atoms with Gasteiger partial charge in [0, 0.05) is 28.7 Å². The third-order valence-corrected chi connectivity index (χ3v) is 4.87. The van der Waals surface area contributed by atoms with Crippen molar-refractivity contribution in [2.45, 2.75) is 6.54 Å². The normalized spacial score (nSPS) is 15.7. The fourth-order valence-corrected chi connectivity index (χ4v) is 3.79. The molecule has 1 aromatic carbocycles. The SMILES string of the molecule is O=C1CN(c2ccccc2)C2=CC(=O)c3nc(C(=O)O)cc4cn(c2c34)C1. The molecule has 5 rings (SSSR count). The Morgan fingerprint density at radius 2 is 1.89 bits per heavy atom. The van der Waals surface area contributed by atoms with Gasteiger partial charge in [-0.3, -0.25) is 9.59 Å². The molecule has 0 atom stereocenters. The molecule has 0 amide bonds. The number of hydrogen-bond acceptors (Lipinski definition) is 5. The Kier molecular flexibility index (Phi) is 3.09. The molecule has 0 saturated carbocycles. The number of carbonyl (C=O) groups excluding carboxylic acids is 2. The minimum atomic E-state index is -1.20. The minimum absolute atomic E-state index is 0.00822. The third kappa shape index (κ3) is 2.21. The van der Waals surface area contributed by atoms with Gasteiger partial charge in [-0.15, -0.1) is 0 Å². The lowest BCUT2D eigenvalue weighted by molar-refractivity contribution is -0.118. The Morgan fingerprint density at radius 3 is 2.63 bits per heavy atom. The molecule has 0 spiro atoms. The van der Waals surface area contributed by atoms with Crippen LogP contribution < -0.4 is 4.90 Å². The van der Waals surface area contributed by atoms with Gasteiger partial charge in [0.25, 0.3) is 0 Å². The molecule has 3 heterocycles. The first kappa shape index (κ1) is 15.5. The summed E-state index contributed by atoms with van der Waals surface area (Å²) >= 11 is 0. The van der Waals surface area contributed by atoms with Crippen LogP contribution >= 0.6 is 0 Å². The predicted molar refractivity (Wildman–Crippen MR) is 97.8 cm³/mol. The van der Waals surface area contributed by atoms with Crippen molar-refractivity contribution in [1.82, 2.24) is 9.55 Å². The van der Waals surface area contributed by atoms with Crippen molar-refractivity contribution in [3.05, 3.63) is 65.8 Å². The maximum Gasteiger partial charge on any atom is 0.354 e. The molecule has 7 nitrogen and oxygen atoms in total. The first-order valence-corrected chi connectivity index (χ1v) is 8.41. The minimum Gasteiger partial charge on any atom is -0.477 e. The number of ketones is 2. The number of anilines is 1. The molecule has 1 aliphatic heterocycles. The molecule has 7 heteroatoms. The van der Waals surface area contributed by atoms with Crippen LogP contribution in [0.15, 0.2) is 48.7 Å². The first-order chi connectivity index (χ1) is 13.0. The number of allylic oxidation sites excluding steroid dienone is 1. The van der Waals surface area contributed by atoms with Gasteiger partial charge in [0.2, 0.25) is 5.78 Å². The maximum absolute atomic E-state index is 12.8. The molecule has 0 fully saturated rings. The van der Waals surface area contributed by atoms with Crippen molar-refractivity contribution in [1.29, 1.82) is 0 Å².